The summed E-state index contributed by atoms with van der Waals surface area (Å²) in [5, 5.41) is 23.2. The molecule has 1 aromatic rings. The van der Waals surface area contributed by atoms with Crippen LogP contribution < -0.4 is 0 Å². The summed E-state index contributed by atoms with van der Waals surface area (Å²) in [6.07, 6.45) is 3.45. The zero-order chi connectivity index (χ0) is 28.5. The van der Waals surface area contributed by atoms with Gasteiger partial charge in [-0.25, -0.2) is 0 Å². The summed E-state index contributed by atoms with van der Waals surface area (Å²) in [5.74, 6) is -8.46. The summed E-state index contributed by atoms with van der Waals surface area (Å²) >= 11 is 0. The quantitative estimate of drug-likeness (QED) is 0.539. The first kappa shape index (κ1) is 28.3. The second-order valence-corrected chi connectivity index (χ2v) is 12.7. The molecule has 7 nitrogen and oxygen atoms in total. The number of hydrogen-bond donors (Lipinski definition) is 2. The Bertz CT molecular complexity index is 1260. The van der Waals surface area contributed by atoms with Gasteiger partial charge in [-0.1, -0.05) is 54.0 Å². The van der Waals surface area contributed by atoms with Gasteiger partial charge in [0.1, 0.15) is 17.5 Å². The molecule has 0 radical (unpaired) electrons. The number of aliphatic hydroxyl groups is 1. The van der Waals surface area contributed by atoms with Gasteiger partial charge in [-0.15, -0.1) is 0 Å². The van der Waals surface area contributed by atoms with Gasteiger partial charge < -0.3 is 10.2 Å². The maximum absolute atomic E-state index is 14.3. The molecule has 0 saturated heterocycles. The zero-order valence-electron chi connectivity index (χ0n) is 23.6. The molecule has 3 aliphatic rings. The SMILES string of the molecule is CCCCc1cc(CC)c(O)c2c1C[C@]1(C)C[C@]3(C)C(C(C)C)C(=O)C(C(C)=O)C(=O)[C@]3(O)C(=O)C1C2=O. The predicted molar refractivity (Wildman–Crippen MR) is 141 cm³/mol. The summed E-state index contributed by atoms with van der Waals surface area (Å²) in [5.41, 5.74) is -2.72. The smallest absolute Gasteiger partial charge is 0.190 e. The van der Waals surface area contributed by atoms with Crippen LogP contribution in [0, 0.1) is 34.5 Å². The van der Waals surface area contributed by atoms with Crippen LogP contribution in [-0.2, 0) is 38.4 Å². The van der Waals surface area contributed by atoms with Crippen LogP contribution in [0.4, 0.5) is 0 Å². The fourth-order valence-electron chi connectivity index (χ4n) is 8.20. The van der Waals surface area contributed by atoms with Gasteiger partial charge in [0, 0.05) is 11.3 Å². The number of aromatic hydroxyl groups is 1. The van der Waals surface area contributed by atoms with Crippen LogP contribution in [0.15, 0.2) is 6.07 Å². The monoisotopic (exact) mass is 524 g/mol. The van der Waals surface area contributed by atoms with E-state index in [9.17, 15) is 34.2 Å². The minimum Gasteiger partial charge on any atom is -0.507 e. The first-order chi connectivity index (χ1) is 17.6. The van der Waals surface area contributed by atoms with Crippen LogP contribution in [0.25, 0.3) is 0 Å². The van der Waals surface area contributed by atoms with Crippen LogP contribution in [0.5, 0.6) is 5.75 Å². The molecule has 2 saturated carbocycles. The number of phenols is 1. The second-order valence-electron chi connectivity index (χ2n) is 12.7. The lowest BCUT2D eigenvalue weighted by Crippen LogP contribution is -2.76. The van der Waals surface area contributed by atoms with E-state index in [2.05, 4.69) is 6.92 Å². The molecule has 2 fully saturated rings. The highest BCUT2D eigenvalue weighted by Crippen LogP contribution is 2.64. The second kappa shape index (κ2) is 9.22. The molecule has 38 heavy (non-hydrogen) atoms. The van der Waals surface area contributed by atoms with Crippen LogP contribution in [0.1, 0.15) is 94.8 Å². The molecule has 0 heterocycles. The molecule has 7 heteroatoms. The largest absolute Gasteiger partial charge is 0.507 e. The minimum atomic E-state index is -2.66. The van der Waals surface area contributed by atoms with E-state index in [1.807, 2.05) is 19.9 Å². The summed E-state index contributed by atoms with van der Waals surface area (Å²) in [6.45, 7) is 12.1. The van der Waals surface area contributed by atoms with Crippen molar-refractivity contribution in [1.29, 1.82) is 0 Å². The van der Waals surface area contributed by atoms with Gasteiger partial charge in [0.2, 0.25) is 0 Å². The topological polar surface area (TPSA) is 126 Å². The number of rotatable bonds is 6. The molecule has 206 valence electrons. The van der Waals surface area contributed by atoms with Gasteiger partial charge in [0.15, 0.2) is 28.7 Å². The van der Waals surface area contributed by atoms with Crippen molar-refractivity contribution in [3.8, 4) is 5.75 Å². The maximum atomic E-state index is 14.3. The molecule has 0 bridgehead atoms. The Kier molecular flexibility index (Phi) is 6.87. The van der Waals surface area contributed by atoms with E-state index in [-0.39, 0.29) is 23.7 Å². The van der Waals surface area contributed by atoms with Crippen molar-refractivity contribution in [3.63, 3.8) is 0 Å². The third kappa shape index (κ3) is 3.53. The van der Waals surface area contributed by atoms with E-state index in [0.717, 1.165) is 37.3 Å². The number of carbonyl (C=O) groups is 5. The van der Waals surface area contributed by atoms with Crippen LogP contribution in [-0.4, -0.2) is 44.7 Å². The van der Waals surface area contributed by atoms with E-state index >= 15 is 0 Å². The highest BCUT2D eigenvalue weighted by molar-refractivity contribution is 6.32. The van der Waals surface area contributed by atoms with Crippen molar-refractivity contribution < 1.29 is 34.2 Å². The Morgan fingerprint density at radius 1 is 1.08 bits per heavy atom. The van der Waals surface area contributed by atoms with E-state index in [1.165, 1.54) is 0 Å². The number of phenolic OH excluding ortho intramolecular Hbond substituents is 1. The first-order valence-electron chi connectivity index (χ1n) is 13.9. The molecule has 4 rings (SSSR count). The molecule has 3 unspecified atom stereocenters. The lowest BCUT2D eigenvalue weighted by Gasteiger charge is -2.62. The lowest BCUT2D eigenvalue weighted by molar-refractivity contribution is -0.205. The van der Waals surface area contributed by atoms with Crippen molar-refractivity contribution in [2.75, 3.05) is 0 Å². The third-order valence-electron chi connectivity index (χ3n) is 9.73. The Hall–Kier alpha value is -2.67. The number of unbranched alkanes of at least 4 members (excludes halogenated alkanes) is 1. The highest BCUT2D eigenvalue weighted by Gasteiger charge is 2.76. The molecule has 0 aliphatic heterocycles. The predicted octanol–water partition coefficient (Wildman–Crippen LogP) is 4.00. The normalized spacial score (nSPS) is 34.7. The number of benzene rings is 1. The number of Topliss-reactive ketones (excluding diaryl/α,β-unsaturated/α-hetero) is 5. The number of hydrogen-bond acceptors (Lipinski definition) is 7. The summed E-state index contributed by atoms with van der Waals surface area (Å²) < 4.78 is 0. The van der Waals surface area contributed by atoms with Gasteiger partial charge in [0.05, 0.1) is 11.5 Å². The van der Waals surface area contributed by atoms with Crippen molar-refractivity contribution in [3.05, 3.63) is 28.3 Å². The molecular formula is C31H40O7. The molecule has 0 spiro atoms. The average molecular weight is 525 g/mol. The van der Waals surface area contributed by atoms with E-state index < -0.39 is 63.1 Å². The third-order valence-corrected chi connectivity index (χ3v) is 9.73. The van der Waals surface area contributed by atoms with Crippen molar-refractivity contribution in [2.24, 2.45) is 34.5 Å². The summed E-state index contributed by atoms with van der Waals surface area (Å²) in [4.78, 5) is 68.3. The van der Waals surface area contributed by atoms with E-state index in [0.29, 0.717) is 18.4 Å². The maximum Gasteiger partial charge on any atom is 0.190 e. The van der Waals surface area contributed by atoms with Crippen molar-refractivity contribution >= 4 is 28.9 Å². The van der Waals surface area contributed by atoms with E-state index in [1.54, 1.807) is 20.8 Å². The Labute approximate surface area is 224 Å². The van der Waals surface area contributed by atoms with Crippen LogP contribution in [0.2, 0.25) is 0 Å². The van der Waals surface area contributed by atoms with E-state index in [4.69, 9.17) is 0 Å². The molecule has 2 N–H and O–H groups in total. The molecule has 0 aromatic heterocycles. The Balaban J connectivity index is 1.98. The standard InChI is InChI=1S/C31H40O7/c1-8-10-11-18-12-17(9-2)24(33)21-19(18)13-29(6)14-30(7)22(15(3)4)25(34)20(16(5)32)27(36)31(30,38)28(37)23(29)26(21)35/h12,15,20,22-23,33,38H,8-11,13-14H2,1-7H3/t20?,22?,23?,29-,30-,31+/m1/s1. The fourth-order valence-corrected chi connectivity index (χ4v) is 8.20. The van der Waals surface area contributed by atoms with Crippen molar-refractivity contribution in [2.45, 2.75) is 92.6 Å². The zero-order valence-corrected chi connectivity index (χ0v) is 23.6. The van der Waals surface area contributed by atoms with Gasteiger partial charge in [-0.05, 0) is 67.1 Å². The number of carbonyl (C=O) groups excluding carboxylic acids is 5. The fraction of sp³-hybridized carbons (Fsp3) is 0.645. The molecular weight excluding hydrogens is 484 g/mol. The highest BCUT2D eigenvalue weighted by atomic mass is 16.3. The number of aryl methyl sites for hydroxylation is 2. The average Bonchev–Trinajstić information content (AvgIpc) is 2.80. The minimum absolute atomic E-state index is 0.0759. The van der Waals surface area contributed by atoms with Crippen molar-refractivity contribution in [1.82, 2.24) is 0 Å². The molecule has 1 aromatic carbocycles. The summed E-state index contributed by atoms with van der Waals surface area (Å²) in [6, 6.07) is 1.95. The molecule has 6 atom stereocenters. The lowest BCUT2D eigenvalue weighted by atomic mass is 9.39. The van der Waals surface area contributed by atoms with Gasteiger partial charge in [-0.3, -0.25) is 24.0 Å². The molecule has 0 amide bonds. The molecule has 3 aliphatic carbocycles. The van der Waals surface area contributed by atoms with Crippen LogP contribution in [0.3, 0.4) is 0 Å². The summed E-state index contributed by atoms with van der Waals surface area (Å²) in [7, 11) is 0. The Morgan fingerprint density at radius 3 is 2.24 bits per heavy atom. The van der Waals surface area contributed by atoms with Gasteiger partial charge >= 0.3 is 0 Å². The number of ketones is 5. The number of fused-ring (bicyclic) bond motifs is 3. The first-order valence-corrected chi connectivity index (χ1v) is 13.9. The Morgan fingerprint density at radius 2 is 1.71 bits per heavy atom. The van der Waals surface area contributed by atoms with Gasteiger partial charge in [-0.2, -0.15) is 0 Å². The van der Waals surface area contributed by atoms with Gasteiger partial charge in [0.25, 0.3) is 0 Å². The van der Waals surface area contributed by atoms with Crippen LogP contribution >= 0.6 is 0 Å².